The van der Waals surface area contributed by atoms with Crippen molar-refractivity contribution in [2.75, 3.05) is 0 Å². The Morgan fingerprint density at radius 1 is 1.03 bits per heavy atom. The van der Waals surface area contributed by atoms with Gasteiger partial charge in [-0.2, -0.15) is 5.10 Å². The van der Waals surface area contributed by atoms with Gasteiger partial charge in [0.25, 0.3) is 5.69 Å². The van der Waals surface area contributed by atoms with Gasteiger partial charge in [-0.1, -0.05) is 60.1 Å². The lowest BCUT2D eigenvalue weighted by atomic mass is 9.96. The van der Waals surface area contributed by atoms with E-state index in [1.54, 1.807) is 0 Å². The Bertz CT molecular complexity index is 1130. The Morgan fingerprint density at radius 2 is 1.79 bits per heavy atom. The summed E-state index contributed by atoms with van der Waals surface area (Å²) in [6.07, 6.45) is 0.0662. The molecule has 2 aliphatic rings. The van der Waals surface area contributed by atoms with E-state index in [9.17, 15) is 10.1 Å². The van der Waals surface area contributed by atoms with E-state index in [0.29, 0.717) is 17.0 Å². The second-order valence-corrected chi connectivity index (χ2v) is 7.39. The minimum Gasteiger partial charge on any atom is -0.464 e. The van der Waals surface area contributed by atoms with Crippen LogP contribution < -0.4 is 4.74 Å². The standard InChI is InChI=1S/C22H16ClN3O3/c23-18-11-10-15(26(27)28)12-17(18)22-25-20(16-8-4-5-9-21(16)29-22)13-19(24-25)14-6-2-1-3-7-14/h1-12,20,22H,13H2/t20-,22-/m1/s1. The minimum atomic E-state index is -0.650. The van der Waals surface area contributed by atoms with Crippen molar-refractivity contribution in [1.82, 2.24) is 5.01 Å². The quantitative estimate of drug-likeness (QED) is 0.426. The van der Waals surface area contributed by atoms with Crippen molar-refractivity contribution < 1.29 is 9.66 Å². The molecule has 0 saturated carbocycles. The third-order valence-electron chi connectivity index (χ3n) is 5.26. The van der Waals surface area contributed by atoms with Gasteiger partial charge >= 0.3 is 0 Å². The Labute approximate surface area is 172 Å². The number of fused-ring (bicyclic) bond motifs is 3. The molecule has 0 unspecified atom stereocenters. The number of nitrogens with zero attached hydrogens (tertiary/aromatic N) is 3. The summed E-state index contributed by atoms with van der Waals surface area (Å²) in [5, 5.41) is 18.4. The van der Waals surface area contributed by atoms with Crippen LogP contribution in [-0.2, 0) is 0 Å². The molecular formula is C22H16ClN3O3. The van der Waals surface area contributed by atoms with E-state index < -0.39 is 11.2 Å². The maximum atomic E-state index is 11.3. The number of hydrazone groups is 1. The first kappa shape index (κ1) is 17.7. The first-order valence-corrected chi connectivity index (χ1v) is 9.60. The van der Waals surface area contributed by atoms with E-state index in [0.717, 1.165) is 22.6 Å². The molecule has 2 aliphatic heterocycles. The fourth-order valence-corrected chi connectivity index (χ4v) is 4.09. The van der Waals surface area contributed by atoms with Gasteiger partial charge < -0.3 is 4.74 Å². The highest BCUT2D eigenvalue weighted by Gasteiger charge is 2.41. The first-order chi connectivity index (χ1) is 14.1. The molecule has 29 heavy (non-hydrogen) atoms. The van der Waals surface area contributed by atoms with E-state index >= 15 is 0 Å². The molecule has 3 aromatic carbocycles. The number of nitro groups is 1. The average molecular weight is 406 g/mol. The summed E-state index contributed by atoms with van der Waals surface area (Å²) in [7, 11) is 0. The summed E-state index contributed by atoms with van der Waals surface area (Å²) in [4.78, 5) is 10.9. The number of halogens is 1. The van der Waals surface area contributed by atoms with Crippen LogP contribution in [0.1, 0.15) is 35.4 Å². The Hall–Kier alpha value is -3.38. The highest BCUT2D eigenvalue weighted by molar-refractivity contribution is 6.31. The van der Waals surface area contributed by atoms with Crippen LogP contribution in [0.5, 0.6) is 5.75 Å². The molecule has 0 saturated heterocycles. The van der Waals surface area contributed by atoms with Crippen molar-refractivity contribution in [2.24, 2.45) is 5.10 Å². The van der Waals surface area contributed by atoms with Gasteiger partial charge in [0, 0.05) is 34.7 Å². The van der Waals surface area contributed by atoms with Crippen molar-refractivity contribution in [3.8, 4) is 5.75 Å². The molecule has 6 nitrogen and oxygen atoms in total. The lowest BCUT2D eigenvalue weighted by molar-refractivity contribution is -0.385. The van der Waals surface area contributed by atoms with Gasteiger partial charge in [-0.3, -0.25) is 10.1 Å². The fourth-order valence-electron chi connectivity index (χ4n) is 3.88. The van der Waals surface area contributed by atoms with E-state index in [-0.39, 0.29) is 11.7 Å². The number of ether oxygens (including phenoxy) is 1. The fraction of sp³-hybridized carbons (Fsp3) is 0.136. The first-order valence-electron chi connectivity index (χ1n) is 9.22. The molecule has 7 heteroatoms. The van der Waals surface area contributed by atoms with Gasteiger partial charge in [0.1, 0.15) is 5.75 Å². The van der Waals surface area contributed by atoms with Gasteiger partial charge in [0.2, 0.25) is 6.23 Å². The predicted molar refractivity (Wildman–Crippen MR) is 110 cm³/mol. The molecule has 0 aliphatic carbocycles. The number of benzene rings is 3. The van der Waals surface area contributed by atoms with Crippen molar-refractivity contribution in [1.29, 1.82) is 0 Å². The third kappa shape index (κ3) is 3.02. The normalized spacial score (nSPS) is 19.8. The molecule has 144 valence electrons. The van der Waals surface area contributed by atoms with Crippen LogP contribution in [-0.4, -0.2) is 15.6 Å². The van der Waals surface area contributed by atoms with Crippen LogP contribution in [0.3, 0.4) is 0 Å². The lowest BCUT2D eigenvalue weighted by Crippen LogP contribution is -2.33. The maximum Gasteiger partial charge on any atom is 0.270 e. The molecule has 3 aromatic rings. The van der Waals surface area contributed by atoms with Crippen LogP contribution in [0.25, 0.3) is 0 Å². The van der Waals surface area contributed by atoms with Gasteiger partial charge in [-0.05, 0) is 17.7 Å². The van der Waals surface area contributed by atoms with Crippen LogP contribution in [0, 0.1) is 10.1 Å². The molecule has 0 amide bonds. The second kappa shape index (κ2) is 6.90. The molecule has 2 heterocycles. The summed E-state index contributed by atoms with van der Waals surface area (Å²) in [6.45, 7) is 0. The maximum absolute atomic E-state index is 11.3. The summed E-state index contributed by atoms with van der Waals surface area (Å²) < 4.78 is 6.24. The number of rotatable bonds is 3. The Kier molecular flexibility index (Phi) is 4.21. The molecule has 5 rings (SSSR count). The van der Waals surface area contributed by atoms with Crippen LogP contribution in [0.15, 0.2) is 77.9 Å². The molecule has 0 radical (unpaired) electrons. The minimum absolute atomic E-state index is 0.0320. The van der Waals surface area contributed by atoms with Crippen molar-refractivity contribution >= 4 is 23.0 Å². The monoisotopic (exact) mass is 405 g/mol. The van der Waals surface area contributed by atoms with E-state index in [1.807, 2.05) is 59.6 Å². The molecule has 0 N–H and O–H groups in total. The molecule has 2 atom stereocenters. The zero-order valence-corrected chi connectivity index (χ0v) is 16.0. The number of non-ortho nitro benzene ring substituents is 1. The van der Waals surface area contributed by atoms with Crippen LogP contribution in [0.2, 0.25) is 5.02 Å². The molecule has 0 fully saturated rings. The molecule has 0 spiro atoms. The number of nitro benzene ring substituents is 1. The van der Waals surface area contributed by atoms with Gasteiger partial charge in [0.15, 0.2) is 0 Å². The zero-order valence-electron chi connectivity index (χ0n) is 15.2. The van der Waals surface area contributed by atoms with Gasteiger partial charge in [-0.15, -0.1) is 0 Å². The summed E-state index contributed by atoms with van der Waals surface area (Å²) in [5.74, 6) is 0.742. The average Bonchev–Trinajstić information content (AvgIpc) is 3.20. The number of hydrogen-bond acceptors (Lipinski definition) is 5. The molecular weight excluding hydrogens is 390 g/mol. The molecule has 0 aromatic heterocycles. The van der Waals surface area contributed by atoms with Crippen LogP contribution >= 0.6 is 11.6 Å². The highest BCUT2D eigenvalue weighted by atomic mass is 35.5. The smallest absolute Gasteiger partial charge is 0.270 e. The molecule has 0 bridgehead atoms. The largest absolute Gasteiger partial charge is 0.464 e. The summed E-state index contributed by atoms with van der Waals surface area (Å²) in [6, 6.07) is 22.2. The topological polar surface area (TPSA) is 68.0 Å². The van der Waals surface area contributed by atoms with E-state index in [4.69, 9.17) is 21.4 Å². The zero-order chi connectivity index (χ0) is 20.0. The number of hydrogen-bond donors (Lipinski definition) is 0. The van der Waals surface area contributed by atoms with Crippen LogP contribution in [0.4, 0.5) is 5.69 Å². The van der Waals surface area contributed by atoms with Crippen molar-refractivity contribution in [3.63, 3.8) is 0 Å². The summed E-state index contributed by atoms with van der Waals surface area (Å²) in [5.41, 5.74) is 3.53. The van der Waals surface area contributed by atoms with Gasteiger partial charge in [0.05, 0.1) is 16.7 Å². The van der Waals surface area contributed by atoms with Gasteiger partial charge in [-0.25, -0.2) is 5.01 Å². The number of para-hydroxylation sites is 1. The van der Waals surface area contributed by atoms with Crippen molar-refractivity contribution in [2.45, 2.75) is 18.7 Å². The lowest BCUT2D eigenvalue weighted by Gasteiger charge is -2.38. The van der Waals surface area contributed by atoms with E-state index in [2.05, 4.69) is 0 Å². The summed E-state index contributed by atoms with van der Waals surface area (Å²) >= 11 is 6.43. The Morgan fingerprint density at radius 3 is 2.59 bits per heavy atom. The third-order valence-corrected chi connectivity index (χ3v) is 5.61. The second-order valence-electron chi connectivity index (χ2n) is 6.98. The predicted octanol–water partition coefficient (Wildman–Crippen LogP) is 5.49. The Balaban J connectivity index is 1.63. The van der Waals surface area contributed by atoms with Crippen molar-refractivity contribution in [3.05, 3.63) is 105 Å². The SMILES string of the molecule is O=[N+]([O-])c1ccc(Cl)c([C@H]2Oc3ccccc3[C@H]3CC(c4ccccc4)=NN32)c1. The highest BCUT2D eigenvalue weighted by Crippen LogP contribution is 2.48. The van der Waals surface area contributed by atoms with E-state index in [1.165, 1.54) is 18.2 Å².